The van der Waals surface area contributed by atoms with Crippen LogP contribution in [0.3, 0.4) is 0 Å². The molecule has 2 aromatic heterocycles. The monoisotopic (exact) mass is 324 g/mol. The second-order valence-electron chi connectivity index (χ2n) is 6.13. The molecular weight excluding hydrogens is 300 g/mol. The van der Waals surface area contributed by atoms with Crippen molar-refractivity contribution in [2.45, 2.75) is 19.9 Å². The van der Waals surface area contributed by atoms with Crippen molar-refractivity contribution in [3.8, 4) is 0 Å². The van der Waals surface area contributed by atoms with E-state index in [-0.39, 0.29) is 0 Å². The van der Waals surface area contributed by atoms with Crippen molar-refractivity contribution in [3.63, 3.8) is 0 Å². The highest BCUT2D eigenvalue weighted by Crippen LogP contribution is 2.21. The molecule has 0 aliphatic carbocycles. The fraction of sp³-hybridized carbons (Fsp3) is 0.389. The minimum Gasteiger partial charge on any atom is -0.369 e. The second kappa shape index (κ2) is 7.40. The first-order valence-corrected chi connectivity index (χ1v) is 8.26. The van der Waals surface area contributed by atoms with Crippen molar-refractivity contribution >= 4 is 16.9 Å². The lowest BCUT2D eigenvalue weighted by Crippen LogP contribution is -2.21. The van der Waals surface area contributed by atoms with Gasteiger partial charge in [0, 0.05) is 20.1 Å². The maximum absolute atomic E-state index is 4.42. The fourth-order valence-corrected chi connectivity index (χ4v) is 2.94. The number of aromatic nitrogens is 4. The first-order valence-electron chi connectivity index (χ1n) is 8.26. The zero-order valence-corrected chi connectivity index (χ0v) is 14.5. The van der Waals surface area contributed by atoms with Gasteiger partial charge in [-0.1, -0.05) is 30.3 Å². The Morgan fingerprint density at radius 2 is 1.96 bits per heavy atom. The molecule has 0 saturated heterocycles. The van der Waals surface area contributed by atoms with Crippen LogP contribution in [0.4, 0.5) is 5.82 Å². The quantitative estimate of drug-likeness (QED) is 0.677. The van der Waals surface area contributed by atoms with Crippen molar-refractivity contribution < 1.29 is 0 Å². The molecule has 6 heteroatoms. The number of nitrogens with one attached hydrogen (secondary N) is 1. The van der Waals surface area contributed by atoms with Crippen molar-refractivity contribution in [1.29, 1.82) is 0 Å². The second-order valence-corrected chi connectivity index (χ2v) is 6.13. The fourth-order valence-electron chi connectivity index (χ4n) is 2.94. The van der Waals surface area contributed by atoms with Gasteiger partial charge in [-0.2, -0.15) is 5.10 Å². The summed E-state index contributed by atoms with van der Waals surface area (Å²) in [6.45, 7) is 4.87. The Bertz CT molecular complexity index is 796. The minimum absolute atomic E-state index is 0.867. The summed E-state index contributed by atoms with van der Waals surface area (Å²) >= 11 is 0. The van der Waals surface area contributed by atoms with Gasteiger partial charge in [0.1, 0.15) is 12.1 Å². The summed E-state index contributed by atoms with van der Waals surface area (Å²) in [5, 5.41) is 8.86. The lowest BCUT2D eigenvalue weighted by atomic mass is 10.2. The van der Waals surface area contributed by atoms with Gasteiger partial charge in [0.2, 0.25) is 0 Å². The summed E-state index contributed by atoms with van der Waals surface area (Å²) in [7, 11) is 4.06. The van der Waals surface area contributed by atoms with Crippen molar-refractivity contribution in [2.24, 2.45) is 7.05 Å². The summed E-state index contributed by atoms with van der Waals surface area (Å²) in [6, 6.07) is 10.5. The maximum Gasteiger partial charge on any atom is 0.163 e. The molecule has 0 aliphatic heterocycles. The van der Waals surface area contributed by atoms with Gasteiger partial charge < -0.3 is 10.2 Å². The molecule has 3 aromatic rings. The molecule has 3 rings (SSSR count). The number of aryl methyl sites for hydroxylation is 2. The molecule has 0 spiro atoms. The largest absolute Gasteiger partial charge is 0.369 e. The number of rotatable bonds is 7. The van der Waals surface area contributed by atoms with Crippen LogP contribution in [0.15, 0.2) is 36.7 Å². The Morgan fingerprint density at radius 1 is 1.17 bits per heavy atom. The van der Waals surface area contributed by atoms with E-state index < -0.39 is 0 Å². The van der Waals surface area contributed by atoms with E-state index >= 15 is 0 Å². The normalized spacial score (nSPS) is 11.3. The zero-order chi connectivity index (χ0) is 16.9. The number of benzene rings is 1. The Balaban J connectivity index is 1.52. The summed E-state index contributed by atoms with van der Waals surface area (Å²) in [4.78, 5) is 11.0. The number of fused-ring (bicyclic) bond motifs is 1. The molecule has 24 heavy (non-hydrogen) atoms. The lowest BCUT2D eigenvalue weighted by Gasteiger charge is -2.17. The van der Waals surface area contributed by atoms with Gasteiger partial charge in [0.25, 0.3) is 0 Å². The molecule has 2 heterocycles. The Hall–Kier alpha value is -2.47. The first kappa shape index (κ1) is 16.4. The smallest absolute Gasteiger partial charge is 0.163 e. The van der Waals surface area contributed by atoms with E-state index in [9.17, 15) is 0 Å². The molecular formula is C18H24N6. The number of hydrogen-bond donors (Lipinski definition) is 1. The van der Waals surface area contributed by atoms with Crippen LogP contribution in [-0.2, 0) is 13.6 Å². The lowest BCUT2D eigenvalue weighted by molar-refractivity contribution is 0.325. The molecule has 0 atom stereocenters. The van der Waals surface area contributed by atoms with Crippen LogP contribution < -0.4 is 5.32 Å². The Kier molecular flexibility index (Phi) is 5.05. The number of anilines is 1. The van der Waals surface area contributed by atoms with Gasteiger partial charge in [-0.15, -0.1) is 0 Å². The van der Waals surface area contributed by atoms with E-state index in [0.717, 1.165) is 48.6 Å². The molecule has 1 aromatic carbocycles. The van der Waals surface area contributed by atoms with Gasteiger partial charge in [0.15, 0.2) is 5.65 Å². The molecule has 6 nitrogen and oxygen atoms in total. The average molecular weight is 324 g/mol. The maximum atomic E-state index is 4.42. The highest BCUT2D eigenvalue weighted by molar-refractivity contribution is 5.88. The third-order valence-corrected chi connectivity index (χ3v) is 4.10. The SMILES string of the molecule is Cc1nn(C)c2ncnc(NCCCN(C)Cc3ccccc3)c12. The average Bonchev–Trinajstić information content (AvgIpc) is 2.88. The van der Waals surface area contributed by atoms with E-state index in [2.05, 4.69) is 62.7 Å². The van der Waals surface area contributed by atoms with E-state index in [1.165, 1.54) is 5.56 Å². The van der Waals surface area contributed by atoms with E-state index in [1.807, 2.05) is 14.0 Å². The predicted molar refractivity (Wildman–Crippen MR) is 96.9 cm³/mol. The molecule has 0 saturated carbocycles. The number of nitrogens with zero attached hydrogens (tertiary/aromatic N) is 5. The third kappa shape index (κ3) is 3.71. The standard InChI is InChI=1S/C18H24N6/c1-14-16-17(20-13-21-18(16)24(3)22-14)19-10-7-11-23(2)12-15-8-5-4-6-9-15/h4-6,8-9,13H,7,10-12H2,1-3H3,(H,19,20,21). The van der Waals surface area contributed by atoms with E-state index in [1.54, 1.807) is 11.0 Å². The third-order valence-electron chi connectivity index (χ3n) is 4.10. The van der Waals surface area contributed by atoms with Gasteiger partial charge in [-0.3, -0.25) is 4.68 Å². The van der Waals surface area contributed by atoms with E-state index in [4.69, 9.17) is 0 Å². The van der Waals surface area contributed by atoms with Gasteiger partial charge in [-0.25, -0.2) is 9.97 Å². The van der Waals surface area contributed by atoms with Crippen LogP contribution >= 0.6 is 0 Å². The minimum atomic E-state index is 0.867. The summed E-state index contributed by atoms with van der Waals surface area (Å²) < 4.78 is 1.80. The molecule has 0 amide bonds. The molecule has 0 unspecified atom stereocenters. The van der Waals surface area contributed by atoms with Crippen LogP contribution in [0, 0.1) is 6.92 Å². The Labute approximate surface area is 142 Å². The van der Waals surface area contributed by atoms with Crippen LogP contribution in [-0.4, -0.2) is 44.8 Å². The summed E-state index contributed by atoms with van der Waals surface area (Å²) in [5.74, 6) is 0.872. The zero-order valence-electron chi connectivity index (χ0n) is 14.5. The van der Waals surface area contributed by atoms with Crippen LogP contribution in [0.5, 0.6) is 0 Å². The first-order chi connectivity index (χ1) is 11.6. The van der Waals surface area contributed by atoms with Crippen LogP contribution in [0.25, 0.3) is 11.0 Å². The highest BCUT2D eigenvalue weighted by Gasteiger charge is 2.11. The van der Waals surface area contributed by atoms with Crippen LogP contribution in [0.2, 0.25) is 0 Å². The summed E-state index contributed by atoms with van der Waals surface area (Å²) in [6.07, 6.45) is 2.64. The van der Waals surface area contributed by atoms with Crippen molar-refractivity contribution in [2.75, 3.05) is 25.5 Å². The predicted octanol–water partition coefficient (Wildman–Crippen LogP) is 2.61. The van der Waals surface area contributed by atoms with Crippen LogP contribution in [0.1, 0.15) is 17.7 Å². The topological polar surface area (TPSA) is 58.9 Å². The van der Waals surface area contributed by atoms with Gasteiger partial charge in [-0.05, 0) is 32.5 Å². The molecule has 0 aliphatic rings. The van der Waals surface area contributed by atoms with Crippen molar-refractivity contribution in [1.82, 2.24) is 24.6 Å². The highest BCUT2D eigenvalue weighted by atomic mass is 15.3. The van der Waals surface area contributed by atoms with Gasteiger partial charge >= 0.3 is 0 Å². The van der Waals surface area contributed by atoms with E-state index in [0.29, 0.717) is 0 Å². The number of hydrogen-bond acceptors (Lipinski definition) is 5. The Morgan fingerprint density at radius 3 is 2.75 bits per heavy atom. The molecule has 1 N–H and O–H groups in total. The molecule has 0 radical (unpaired) electrons. The molecule has 0 bridgehead atoms. The summed E-state index contributed by atoms with van der Waals surface area (Å²) in [5.41, 5.74) is 3.17. The van der Waals surface area contributed by atoms with Crippen molar-refractivity contribution in [3.05, 3.63) is 47.9 Å². The molecule has 126 valence electrons. The molecule has 0 fully saturated rings. The van der Waals surface area contributed by atoms with Gasteiger partial charge in [0.05, 0.1) is 11.1 Å².